The number of thioether (sulfide) groups is 1. The third-order valence-corrected chi connectivity index (χ3v) is 8.59. The van der Waals surface area contributed by atoms with Gasteiger partial charge in [-0.3, -0.25) is 9.59 Å². The maximum Gasteiger partial charge on any atom is 0.243 e. The summed E-state index contributed by atoms with van der Waals surface area (Å²) in [5.74, 6) is 1.07. The van der Waals surface area contributed by atoms with Gasteiger partial charge in [0.15, 0.2) is 0 Å². The molecule has 0 radical (unpaired) electrons. The Bertz CT molecular complexity index is 1220. The van der Waals surface area contributed by atoms with E-state index in [1.165, 1.54) is 23.1 Å². The van der Waals surface area contributed by atoms with Crippen LogP contribution in [0.4, 0.5) is 0 Å². The first-order chi connectivity index (χ1) is 18.9. The summed E-state index contributed by atoms with van der Waals surface area (Å²) in [4.78, 5) is 29.7. The summed E-state index contributed by atoms with van der Waals surface area (Å²) < 4.78 is 0. The van der Waals surface area contributed by atoms with Crippen molar-refractivity contribution in [2.24, 2.45) is 0 Å². The SMILES string of the molecule is Cc1cc(C)cc(CSCC(=O)N(Cc2ccccc2C)[C@H](Cc2ccccc2)C(=O)NC2CCCCC2)c1. The van der Waals surface area contributed by atoms with Crippen LogP contribution in [0.1, 0.15) is 65.5 Å². The second-order valence-corrected chi connectivity index (χ2v) is 12.0. The van der Waals surface area contributed by atoms with E-state index in [-0.39, 0.29) is 17.9 Å². The molecule has 1 aliphatic carbocycles. The van der Waals surface area contributed by atoms with Crippen molar-refractivity contribution >= 4 is 23.6 Å². The average Bonchev–Trinajstić information content (AvgIpc) is 2.92. The minimum Gasteiger partial charge on any atom is -0.352 e. The minimum atomic E-state index is -0.566. The number of nitrogens with zero attached hydrogens (tertiary/aromatic N) is 1. The molecule has 0 aliphatic heterocycles. The molecule has 0 saturated heterocycles. The van der Waals surface area contributed by atoms with E-state index in [2.05, 4.69) is 56.4 Å². The molecule has 0 bridgehead atoms. The number of benzene rings is 3. The molecule has 0 unspecified atom stereocenters. The monoisotopic (exact) mass is 542 g/mol. The smallest absolute Gasteiger partial charge is 0.243 e. The Balaban J connectivity index is 1.57. The summed E-state index contributed by atoms with van der Waals surface area (Å²) in [6.07, 6.45) is 6.06. The lowest BCUT2D eigenvalue weighted by Crippen LogP contribution is -2.53. The zero-order chi connectivity index (χ0) is 27.6. The molecule has 0 spiro atoms. The van der Waals surface area contributed by atoms with Gasteiger partial charge in [0.1, 0.15) is 6.04 Å². The van der Waals surface area contributed by atoms with E-state index < -0.39 is 6.04 Å². The molecule has 39 heavy (non-hydrogen) atoms. The molecule has 1 fully saturated rings. The lowest BCUT2D eigenvalue weighted by atomic mass is 9.94. The summed E-state index contributed by atoms with van der Waals surface area (Å²) in [6, 6.07) is 24.4. The predicted molar refractivity (Wildman–Crippen MR) is 163 cm³/mol. The molecule has 2 amide bonds. The Kier molecular flexibility index (Phi) is 10.7. The van der Waals surface area contributed by atoms with Crippen LogP contribution in [0.25, 0.3) is 0 Å². The Hall–Kier alpha value is -3.05. The zero-order valence-corrected chi connectivity index (χ0v) is 24.4. The van der Waals surface area contributed by atoms with Gasteiger partial charge in [-0.2, -0.15) is 0 Å². The van der Waals surface area contributed by atoms with Crippen molar-refractivity contribution in [1.82, 2.24) is 10.2 Å². The van der Waals surface area contributed by atoms with Crippen molar-refractivity contribution in [3.63, 3.8) is 0 Å². The van der Waals surface area contributed by atoms with Gasteiger partial charge in [-0.05, 0) is 55.9 Å². The normalized spacial score (nSPS) is 14.5. The van der Waals surface area contributed by atoms with Crippen molar-refractivity contribution in [3.05, 3.63) is 106 Å². The van der Waals surface area contributed by atoms with Crippen LogP contribution in [0.3, 0.4) is 0 Å². The predicted octanol–water partition coefficient (Wildman–Crippen LogP) is 6.93. The number of hydrogen-bond acceptors (Lipinski definition) is 3. The van der Waals surface area contributed by atoms with Gasteiger partial charge in [0.25, 0.3) is 0 Å². The molecular weight excluding hydrogens is 500 g/mol. The van der Waals surface area contributed by atoms with Gasteiger partial charge >= 0.3 is 0 Å². The number of carbonyl (C=O) groups excluding carboxylic acids is 2. The molecule has 1 N–H and O–H groups in total. The van der Waals surface area contributed by atoms with Crippen LogP contribution in [-0.4, -0.2) is 34.6 Å². The van der Waals surface area contributed by atoms with Crippen LogP contribution in [0.5, 0.6) is 0 Å². The molecule has 3 aromatic rings. The molecule has 5 heteroatoms. The highest BCUT2D eigenvalue weighted by atomic mass is 32.2. The fourth-order valence-corrected chi connectivity index (χ4v) is 6.41. The highest BCUT2D eigenvalue weighted by Gasteiger charge is 2.32. The van der Waals surface area contributed by atoms with Crippen LogP contribution >= 0.6 is 11.8 Å². The number of nitrogens with one attached hydrogen (secondary N) is 1. The van der Waals surface area contributed by atoms with E-state index >= 15 is 0 Å². The van der Waals surface area contributed by atoms with E-state index in [0.717, 1.165) is 48.1 Å². The molecule has 206 valence electrons. The Morgan fingerprint density at radius 3 is 2.23 bits per heavy atom. The molecule has 4 rings (SSSR count). The van der Waals surface area contributed by atoms with E-state index in [1.54, 1.807) is 11.8 Å². The lowest BCUT2D eigenvalue weighted by molar-refractivity contribution is -0.139. The molecule has 1 saturated carbocycles. The summed E-state index contributed by atoms with van der Waals surface area (Å²) >= 11 is 1.62. The van der Waals surface area contributed by atoms with Crippen molar-refractivity contribution in [3.8, 4) is 0 Å². The van der Waals surface area contributed by atoms with E-state index in [0.29, 0.717) is 18.7 Å². The maximum atomic E-state index is 13.9. The Labute approximate surface area is 238 Å². The van der Waals surface area contributed by atoms with Gasteiger partial charge in [0.05, 0.1) is 5.75 Å². The fraction of sp³-hybridized carbons (Fsp3) is 0.412. The average molecular weight is 543 g/mol. The molecule has 1 aliphatic rings. The maximum absolute atomic E-state index is 13.9. The molecule has 0 heterocycles. The second-order valence-electron chi connectivity index (χ2n) is 11.0. The van der Waals surface area contributed by atoms with Crippen molar-refractivity contribution in [1.29, 1.82) is 0 Å². The van der Waals surface area contributed by atoms with Gasteiger partial charge in [-0.15, -0.1) is 11.8 Å². The molecule has 3 aromatic carbocycles. The molecular formula is C34H42N2O2S. The van der Waals surface area contributed by atoms with Gasteiger partial charge in [0, 0.05) is 24.8 Å². The number of aryl methyl sites for hydroxylation is 3. The number of hydrogen-bond donors (Lipinski definition) is 1. The summed E-state index contributed by atoms with van der Waals surface area (Å²) in [5.41, 5.74) is 6.97. The first kappa shape index (κ1) is 28.9. The van der Waals surface area contributed by atoms with Crippen LogP contribution < -0.4 is 5.32 Å². The van der Waals surface area contributed by atoms with Crippen molar-refractivity contribution in [2.45, 2.75) is 83.7 Å². The minimum absolute atomic E-state index is 0.00681. The molecule has 1 atom stereocenters. The third-order valence-electron chi connectivity index (χ3n) is 7.60. The summed E-state index contributed by atoms with van der Waals surface area (Å²) in [5, 5.41) is 3.33. The Morgan fingerprint density at radius 1 is 0.872 bits per heavy atom. The van der Waals surface area contributed by atoms with E-state index in [4.69, 9.17) is 0 Å². The zero-order valence-electron chi connectivity index (χ0n) is 23.6. The van der Waals surface area contributed by atoms with Gasteiger partial charge in [0.2, 0.25) is 11.8 Å². The van der Waals surface area contributed by atoms with Crippen molar-refractivity contribution in [2.75, 3.05) is 5.75 Å². The van der Waals surface area contributed by atoms with Crippen LogP contribution in [0.15, 0.2) is 72.8 Å². The van der Waals surface area contributed by atoms with Crippen LogP contribution in [0.2, 0.25) is 0 Å². The second kappa shape index (κ2) is 14.4. The fourth-order valence-electron chi connectivity index (χ4n) is 5.56. The van der Waals surface area contributed by atoms with Crippen molar-refractivity contribution < 1.29 is 9.59 Å². The van der Waals surface area contributed by atoms with Crippen LogP contribution in [0, 0.1) is 20.8 Å². The van der Waals surface area contributed by atoms with Gasteiger partial charge < -0.3 is 10.2 Å². The number of carbonyl (C=O) groups is 2. The third kappa shape index (κ3) is 8.72. The highest BCUT2D eigenvalue weighted by Crippen LogP contribution is 2.22. The largest absolute Gasteiger partial charge is 0.352 e. The number of rotatable bonds is 11. The number of amides is 2. The van der Waals surface area contributed by atoms with Gasteiger partial charge in [-0.25, -0.2) is 0 Å². The van der Waals surface area contributed by atoms with Crippen LogP contribution in [-0.2, 0) is 28.3 Å². The van der Waals surface area contributed by atoms with E-state index in [9.17, 15) is 9.59 Å². The quantitative estimate of drug-likeness (QED) is 0.286. The first-order valence-corrected chi connectivity index (χ1v) is 15.4. The Morgan fingerprint density at radius 2 is 1.54 bits per heavy atom. The highest BCUT2D eigenvalue weighted by molar-refractivity contribution is 7.99. The topological polar surface area (TPSA) is 49.4 Å². The standard InChI is InChI=1S/C34H42N2O2S/c1-25-18-26(2)20-29(19-25)23-39-24-33(37)36(22-30-15-11-10-12-27(30)3)32(21-28-13-6-4-7-14-28)34(38)35-31-16-8-5-9-17-31/h4,6-7,10-15,18-20,31-32H,5,8-9,16-17,21-24H2,1-3H3,(H,35,38)/t32-/m1/s1. The lowest BCUT2D eigenvalue weighted by Gasteiger charge is -2.34. The molecule has 4 nitrogen and oxygen atoms in total. The first-order valence-electron chi connectivity index (χ1n) is 14.2. The summed E-state index contributed by atoms with van der Waals surface area (Å²) in [6.45, 7) is 6.71. The molecule has 0 aromatic heterocycles. The summed E-state index contributed by atoms with van der Waals surface area (Å²) in [7, 11) is 0. The van der Waals surface area contributed by atoms with Gasteiger partial charge in [-0.1, -0.05) is 103 Å². The van der Waals surface area contributed by atoms with E-state index in [1.807, 2.05) is 47.4 Å².